The third-order valence-electron chi connectivity index (χ3n) is 2.36. The molecular formula is C10H12N2O. The quantitative estimate of drug-likeness (QED) is 0.664. The smallest absolute Gasteiger partial charge is 0.243 e. The first-order valence-corrected chi connectivity index (χ1v) is 4.39. The molecule has 2 rings (SSSR count). The zero-order valence-corrected chi connectivity index (χ0v) is 7.45. The van der Waals surface area contributed by atoms with E-state index in [0.29, 0.717) is 0 Å². The van der Waals surface area contributed by atoms with Crippen LogP contribution >= 0.6 is 0 Å². The summed E-state index contributed by atoms with van der Waals surface area (Å²) in [5, 5.41) is 0. The molecule has 0 spiro atoms. The number of carbonyl (C=O) groups is 1. The van der Waals surface area contributed by atoms with Crippen molar-refractivity contribution in [2.75, 3.05) is 0 Å². The molecule has 2 N–H and O–H groups in total. The molecule has 1 aromatic rings. The number of hydrazine groups is 1. The Hall–Kier alpha value is -1.35. The maximum absolute atomic E-state index is 11.4. The summed E-state index contributed by atoms with van der Waals surface area (Å²) in [5.74, 6) is -0.0000926. The lowest BCUT2D eigenvalue weighted by molar-refractivity contribution is -0.120. The molecule has 0 saturated carbocycles. The van der Waals surface area contributed by atoms with Gasteiger partial charge >= 0.3 is 0 Å². The van der Waals surface area contributed by atoms with Crippen LogP contribution in [0.4, 0.5) is 0 Å². The van der Waals surface area contributed by atoms with Crippen LogP contribution in [0.2, 0.25) is 0 Å². The molecule has 1 heterocycles. The first kappa shape index (κ1) is 8.26. The van der Waals surface area contributed by atoms with Gasteiger partial charge in [0.25, 0.3) is 0 Å². The molecule has 0 aromatic heterocycles. The molecule has 3 heteroatoms. The van der Waals surface area contributed by atoms with Gasteiger partial charge in [0.05, 0.1) is 5.92 Å². The second-order valence-corrected chi connectivity index (χ2v) is 3.31. The predicted octanol–water partition coefficient (Wildman–Crippen LogP) is 0.793. The molecule has 2 atom stereocenters. The van der Waals surface area contributed by atoms with Crippen LogP contribution < -0.4 is 10.9 Å². The Morgan fingerprint density at radius 3 is 2.46 bits per heavy atom. The lowest BCUT2D eigenvalue weighted by atomic mass is 9.94. The van der Waals surface area contributed by atoms with E-state index >= 15 is 0 Å². The van der Waals surface area contributed by atoms with E-state index < -0.39 is 0 Å². The number of amides is 1. The molecule has 0 unspecified atom stereocenters. The van der Waals surface area contributed by atoms with Crippen LogP contribution in [-0.4, -0.2) is 11.9 Å². The predicted molar refractivity (Wildman–Crippen MR) is 49.9 cm³/mol. The SMILES string of the molecule is C[C@@H]1NNC(=O)[C@@H]1c1ccccc1. The number of rotatable bonds is 1. The van der Waals surface area contributed by atoms with E-state index in [1.807, 2.05) is 37.3 Å². The van der Waals surface area contributed by atoms with Gasteiger partial charge in [-0.1, -0.05) is 30.3 Å². The normalized spacial score (nSPS) is 27.3. The molecule has 1 aromatic carbocycles. The summed E-state index contributed by atoms with van der Waals surface area (Å²) in [7, 11) is 0. The molecule has 0 aliphatic carbocycles. The fourth-order valence-electron chi connectivity index (χ4n) is 1.67. The van der Waals surface area contributed by atoms with E-state index in [1.165, 1.54) is 0 Å². The second kappa shape index (κ2) is 3.18. The van der Waals surface area contributed by atoms with E-state index in [-0.39, 0.29) is 17.9 Å². The van der Waals surface area contributed by atoms with Crippen molar-refractivity contribution >= 4 is 5.91 Å². The molecule has 68 valence electrons. The standard InChI is InChI=1S/C10H12N2O/c1-7-9(10(13)12-11-7)8-5-3-2-4-6-8/h2-7,9,11H,1H3,(H,12,13)/t7-,9-/m0/s1. The fraction of sp³-hybridized carbons (Fsp3) is 0.300. The first-order chi connectivity index (χ1) is 6.29. The molecular weight excluding hydrogens is 164 g/mol. The minimum absolute atomic E-state index is 0.0544. The second-order valence-electron chi connectivity index (χ2n) is 3.31. The number of hydrogen-bond donors (Lipinski definition) is 2. The maximum Gasteiger partial charge on any atom is 0.243 e. The van der Waals surface area contributed by atoms with Crippen molar-refractivity contribution < 1.29 is 4.79 Å². The summed E-state index contributed by atoms with van der Waals surface area (Å²) in [6.07, 6.45) is 0. The Kier molecular flexibility index (Phi) is 2.02. The van der Waals surface area contributed by atoms with Crippen molar-refractivity contribution in [1.82, 2.24) is 10.9 Å². The molecule has 1 amide bonds. The minimum atomic E-state index is -0.0544. The fourth-order valence-corrected chi connectivity index (χ4v) is 1.67. The van der Waals surface area contributed by atoms with Gasteiger partial charge in [-0.2, -0.15) is 0 Å². The zero-order chi connectivity index (χ0) is 9.26. The van der Waals surface area contributed by atoms with Gasteiger partial charge < -0.3 is 0 Å². The molecule has 13 heavy (non-hydrogen) atoms. The van der Waals surface area contributed by atoms with Crippen LogP contribution in [-0.2, 0) is 4.79 Å². The Labute approximate surface area is 77.1 Å². The topological polar surface area (TPSA) is 41.1 Å². The average Bonchev–Trinajstić information content (AvgIpc) is 2.48. The van der Waals surface area contributed by atoms with E-state index in [9.17, 15) is 4.79 Å². The van der Waals surface area contributed by atoms with Gasteiger partial charge in [0.15, 0.2) is 0 Å². The van der Waals surface area contributed by atoms with Crippen LogP contribution in [0.15, 0.2) is 30.3 Å². The van der Waals surface area contributed by atoms with Crippen LogP contribution in [0.25, 0.3) is 0 Å². The number of carbonyl (C=O) groups excluding carboxylic acids is 1. The highest BCUT2D eigenvalue weighted by Crippen LogP contribution is 2.22. The Morgan fingerprint density at radius 1 is 1.23 bits per heavy atom. The Balaban J connectivity index is 2.30. The van der Waals surface area contributed by atoms with Crippen molar-refractivity contribution in [2.24, 2.45) is 0 Å². The molecule has 3 nitrogen and oxygen atoms in total. The van der Waals surface area contributed by atoms with Crippen LogP contribution in [0.1, 0.15) is 18.4 Å². The molecule has 1 saturated heterocycles. The summed E-state index contributed by atoms with van der Waals surface area (Å²) in [6, 6.07) is 9.98. The number of nitrogens with one attached hydrogen (secondary N) is 2. The van der Waals surface area contributed by atoms with Gasteiger partial charge in [-0.25, -0.2) is 5.43 Å². The zero-order valence-electron chi connectivity index (χ0n) is 7.45. The summed E-state index contributed by atoms with van der Waals surface area (Å²) in [4.78, 5) is 11.4. The highest BCUT2D eigenvalue weighted by Gasteiger charge is 2.32. The molecule has 1 aliphatic rings. The Morgan fingerprint density at radius 2 is 1.92 bits per heavy atom. The monoisotopic (exact) mass is 176 g/mol. The third-order valence-corrected chi connectivity index (χ3v) is 2.36. The number of hydrogen-bond acceptors (Lipinski definition) is 2. The molecule has 0 bridgehead atoms. The Bertz CT molecular complexity index is 310. The lowest BCUT2D eigenvalue weighted by Gasteiger charge is -2.10. The molecule has 0 radical (unpaired) electrons. The third kappa shape index (κ3) is 1.42. The highest BCUT2D eigenvalue weighted by molar-refractivity contribution is 5.85. The van der Waals surface area contributed by atoms with Crippen molar-refractivity contribution in [2.45, 2.75) is 18.9 Å². The van der Waals surface area contributed by atoms with Gasteiger partial charge in [0.2, 0.25) is 5.91 Å². The van der Waals surface area contributed by atoms with E-state index in [4.69, 9.17) is 0 Å². The summed E-state index contributed by atoms with van der Waals surface area (Å²) in [5.41, 5.74) is 6.61. The minimum Gasteiger partial charge on any atom is -0.291 e. The molecule has 1 aliphatic heterocycles. The van der Waals surface area contributed by atoms with Gasteiger partial charge in [-0.05, 0) is 12.5 Å². The summed E-state index contributed by atoms with van der Waals surface area (Å²) >= 11 is 0. The summed E-state index contributed by atoms with van der Waals surface area (Å²) in [6.45, 7) is 2.00. The van der Waals surface area contributed by atoms with Crippen LogP contribution in [0.3, 0.4) is 0 Å². The highest BCUT2D eigenvalue weighted by atomic mass is 16.2. The van der Waals surface area contributed by atoms with Crippen LogP contribution in [0, 0.1) is 0 Å². The van der Waals surface area contributed by atoms with Crippen molar-refractivity contribution in [3.8, 4) is 0 Å². The van der Waals surface area contributed by atoms with Gasteiger partial charge in [-0.15, -0.1) is 0 Å². The largest absolute Gasteiger partial charge is 0.291 e. The van der Waals surface area contributed by atoms with E-state index in [0.717, 1.165) is 5.56 Å². The summed E-state index contributed by atoms with van der Waals surface area (Å²) < 4.78 is 0. The number of benzene rings is 1. The van der Waals surface area contributed by atoms with Gasteiger partial charge in [0, 0.05) is 6.04 Å². The first-order valence-electron chi connectivity index (χ1n) is 4.39. The van der Waals surface area contributed by atoms with Crippen LogP contribution in [0.5, 0.6) is 0 Å². The van der Waals surface area contributed by atoms with E-state index in [1.54, 1.807) is 0 Å². The van der Waals surface area contributed by atoms with Crippen molar-refractivity contribution in [3.63, 3.8) is 0 Å². The molecule has 1 fully saturated rings. The van der Waals surface area contributed by atoms with Gasteiger partial charge in [0.1, 0.15) is 0 Å². The van der Waals surface area contributed by atoms with Gasteiger partial charge in [-0.3, -0.25) is 10.2 Å². The lowest BCUT2D eigenvalue weighted by Crippen LogP contribution is -2.29. The average molecular weight is 176 g/mol. The van der Waals surface area contributed by atoms with Crippen molar-refractivity contribution in [3.05, 3.63) is 35.9 Å². The maximum atomic E-state index is 11.4. The van der Waals surface area contributed by atoms with Crippen molar-refractivity contribution in [1.29, 1.82) is 0 Å². The van der Waals surface area contributed by atoms with E-state index in [2.05, 4.69) is 10.9 Å².